The van der Waals surface area contributed by atoms with Crippen LogP contribution in [0.2, 0.25) is 0 Å². The van der Waals surface area contributed by atoms with Gasteiger partial charge >= 0.3 is 6.18 Å². The van der Waals surface area contributed by atoms with E-state index >= 15 is 0 Å². The topological polar surface area (TPSA) is 86.8 Å². The van der Waals surface area contributed by atoms with Crippen molar-refractivity contribution in [2.45, 2.75) is 19.1 Å². The van der Waals surface area contributed by atoms with Crippen molar-refractivity contribution in [3.63, 3.8) is 0 Å². The Morgan fingerprint density at radius 3 is 2.51 bits per heavy atom. The van der Waals surface area contributed by atoms with Crippen LogP contribution in [0.1, 0.15) is 34.6 Å². The van der Waals surface area contributed by atoms with Gasteiger partial charge in [0.15, 0.2) is 12.0 Å². The first-order valence-corrected chi connectivity index (χ1v) is 10.1. The normalized spacial score (nSPS) is 12.4. The van der Waals surface area contributed by atoms with Crippen molar-refractivity contribution in [2.75, 3.05) is 0 Å². The van der Waals surface area contributed by atoms with Crippen LogP contribution in [0, 0.1) is 16.8 Å². The summed E-state index contributed by atoms with van der Waals surface area (Å²) in [6.07, 6.45) is -1.82. The maximum atomic E-state index is 13.8. The summed E-state index contributed by atoms with van der Waals surface area (Å²) in [4.78, 5) is 17.0. The van der Waals surface area contributed by atoms with Crippen molar-refractivity contribution >= 4 is 5.91 Å². The molecule has 1 atom stereocenters. The number of hydrogen-bond donors (Lipinski definition) is 1. The number of nitrogens with one attached hydrogen (secondary N) is 1. The molecule has 0 saturated carbocycles. The minimum atomic E-state index is -4.82. The Kier molecular flexibility index (Phi) is 6.20. The number of carbonyl (C=O) groups excluding carboxylic acids is 1. The molecule has 0 aliphatic heterocycles. The molecule has 7 nitrogen and oxygen atoms in total. The Hall–Kier alpha value is -4.35. The average Bonchev–Trinajstić information content (AvgIpc) is 3.24. The van der Waals surface area contributed by atoms with E-state index in [1.807, 2.05) is 0 Å². The predicted octanol–water partition coefficient (Wildman–Crippen LogP) is 4.36. The Labute approximate surface area is 195 Å². The number of pyridine rings is 2. The molecule has 4 aromatic rings. The highest BCUT2D eigenvalue weighted by Gasteiger charge is 2.39. The Morgan fingerprint density at radius 1 is 1.11 bits per heavy atom. The zero-order valence-corrected chi connectivity index (χ0v) is 17.9. The summed E-state index contributed by atoms with van der Waals surface area (Å²) in [5.41, 5.74) is -0.903. The van der Waals surface area contributed by atoms with Crippen LogP contribution in [0.4, 0.5) is 22.0 Å². The SMILES string of the molecule is C[C@@H](NC(=O)c1cn(-c2ccc(F)cn2)nc1-c1cccc(F)c1)c1ccc(C(F)(F)F)[n+]([O-])c1. The minimum absolute atomic E-state index is 0.00418. The minimum Gasteiger partial charge on any atom is -0.618 e. The van der Waals surface area contributed by atoms with E-state index in [1.54, 1.807) is 0 Å². The summed E-state index contributed by atoms with van der Waals surface area (Å²) >= 11 is 0. The van der Waals surface area contributed by atoms with Crippen LogP contribution in [-0.2, 0) is 6.18 Å². The zero-order valence-electron chi connectivity index (χ0n) is 17.9. The summed E-state index contributed by atoms with van der Waals surface area (Å²) in [5, 5.41) is 18.7. The number of halogens is 5. The van der Waals surface area contributed by atoms with Gasteiger partial charge in [0, 0.05) is 23.4 Å². The van der Waals surface area contributed by atoms with Gasteiger partial charge in [0.25, 0.3) is 11.6 Å². The van der Waals surface area contributed by atoms with Crippen LogP contribution in [-0.4, -0.2) is 20.7 Å². The summed E-state index contributed by atoms with van der Waals surface area (Å²) in [5.74, 6) is -1.65. The molecular formula is C23H16F5N5O2. The Balaban J connectivity index is 1.68. The van der Waals surface area contributed by atoms with Gasteiger partial charge in [-0.2, -0.15) is 23.0 Å². The van der Waals surface area contributed by atoms with Crippen LogP contribution in [0.3, 0.4) is 0 Å². The van der Waals surface area contributed by atoms with Gasteiger partial charge in [-0.3, -0.25) is 4.79 Å². The number of amides is 1. The van der Waals surface area contributed by atoms with E-state index in [-0.39, 0.29) is 32.9 Å². The van der Waals surface area contributed by atoms with Crippen molar-refractivity contribution in [1.82, 2.24) is 20.1 Å². The van der Waals surface area contributed by atoms with Crippen molar-refractivity contribution in [3.8, 4) is 17.1 Å². The third-order valence-electron chi connectivity index (χ3n) is 5.08. The molecule has 180 valence electrons. The van der Waals surface area contributed by atoms with Crippen LogP contribution >= 0.6 is 0 Å². The first kappa shape index (κ1) is 23.8. The highest BCUT2D eigenvalue weighted by molar-refractivity contribution is 6.00. The molecule has 3 heterocycles. The molecule has 0 saturated heterocycles. The molecule has 35 heavy (non-hydrogen) atoms. The summed E-state index contributed by atoms with van der Waals surface area (Å²) < 4.78 is 66.6. The second-order valence-electron chi connectivity index (χ2n) is 7.55. The van der Waals surface area contributed by atoms with Gasteiger partial charge in [0.2, 0.25) is 0 Å². The molecule has 1 N–H and O–H groups in total. The van der Waals surface area contributed by atoms with Gasteiger partial charge in [0.05, 0.1) is 17.8 Å². The van der Waals surface area contributed by atoms with Gasteiger partial charge in [0.1, 0.15) is 17.3 Å². The zero-order chi connectivity index (χ0) is 25.3. The van der Waals surface area contributed by atoms with E-state index in [0.717, 1.165) is 24.5 Å². The van der Waals surface area contributed by atoms with Crippen molar-refractivity contribution < 1.29 is 31.5 Å². The second kappa shape index (κ2) is 9.12. The first-order chi connectivity index (χ1) is 16.5. The van der Waals surface area contributed by atoms with Crippen LogP contribution in [0.5, 0.6) is 0 Å². The van der Waals surface area contributed by atoms with E-state index in [9.17, 15) is 32.0 Å². The number of benzene rings is 1. The van der Waals surface area contributed by atoms with Crippen LogP contribution < -0.4 is 10.0 Å². The Bertz CT molecular complexity index is 1390. The lowest BCUT2D eigenvalue weighted by Crippen LogP contribution is -2.38. The summed E-state index contributed by atoms with van der Waals surface area (Å²) in [6, 6.07) is 8.67. The standard InChI is InChI=1S/C23H16F5N5O2/c1-13(15-5-7-19(23(26,27)28)33(35)11-15)30-22(34)18-12-32(20-8-6-17(25)10-29-20)31-21(18)14-3-2-4-16(24)9-14/h2-13H,1H3,(H,30,34)/t13-/m1/s1. The second-order valence-corrected chi connectivity index (χ2v) is 7.55. The molecule has 3 aromatic heterocycles. The van der Waals surface area contributed by atoms with Gasteiger partial charge in [-0.1, -0.05) is 12.1 Å². The smallest absolute Gasteiger partial charge is 0.478 e. The number of carbonyl (C=O) groups is 1. The molecule has 0 radical (unpaired) electrons. The van der Waals surface area contributed by atoms with Gasteiger partial charge < -0.3 is 10.5 Å². The Morgan fingerprint density at radius 2 is 1.89 bits per heavy atom. The molecular weight excluding hydrogens is 473 g/mol. The number of nitrogens with zero attached hydrogens (tertiary/aromatic N) is 4. The van der Waals surface area contributed by atoms with E-state index in [4.69, 9.17) is 0 Å². The van der Waals surface area contributed by atoms with Crippen LogP contribution in [0.25, 0.3) is 17.1 Å². The molecule has 0 unspecified atom stereocenters. The van der Waals surface area contributed by atoms with Crippen molar-refractivity contribution in [2.24, 2.45) is 0 Å². The number of alkyl halides is 3. The van der Waals surface area contributed by atoms with Crippen LogP contribution in [0.15, 0.2) is 67.1 Å². The number of rotatable bonds is 5. The predicted molar refractivity (Wildman–Crippen MR) is 113 cm³/mol. The van der Waals surface area contributed by atoms with Crippen molar-refractivity contribution in [3.05, 3.63) is 101 Å². The highest BCUT2D eigenvalue weighted by Crippen LogP contribution is 2.28. The third-order valence-corrected chi connectivity index (χ3v) is 5.08. The first-order valence-electron chi connectivity index (χ1n) is 10.1. The van der Waals surface area contributed by atoms with E-state index in [0.29, 0.717) is 6.07 Å². The van der Waals surface area contributed by atoms with E-state index < -0.39 is 35.5 Å². The summed E-state index contributed by atoms with van der Waals surface area (Å²) in [7, 11) is 0. The molecule has 0 aliphatic carbocycles. The lowest BCUT2D eigenvalue weighted by molar-refractivity contribution is -0.629. The molecule has 4 rings (SSSR count). The average molecular weight is 489 g/mol. The maximum absolute atomic E-state index is 13.8. The monoisotopic (exact) mass is 489 g/mol. The summed E-state index contributed by atoms with van der Waals surface area (Å²) in [6.45, 7) is 1.48. The van der Waals surface area contributed by atoms with Gasteiger partial charge in [-0.05, 0) is 37.3 Å². The van der Waals surface area contributed by atoms with Gasteiger partial charge in [-0.25, -0.2) is 18.4 Å². The lowest BCUT2D eigenvalue weighted by atomic mass is 10.1. The van der Waals surface area contributed by atoms with E-state index in [2.05, 4.69) is 15.4 Å². The molecule has 1 aromatic carbocycles. The lowest BCUT2D eigenvalue weighted by Gasteiger charge is -2.15. The molecule has 12 heteroatoms. The molecule has 0 bridgehead atoms. The van der Waals surface area contributed by atoms with E-state index in [1.165, 1.54) is 48.1 Å². The largest absolute Gasteiger partial charge is 0.618 e. The maximum Gasteiger partial charge on any atom is 0.478 e. The quantitative estimate of drug-likeness (QED) is 0.257. The highest BCUT2D eigenvalue weighted by atomic mass is 19.4. The molecule has 0 fully saturated rings. The third kappa shape index (κ3) is 5.10. The number of aromatic nitrogens is 4. The fraction of sp³-hybridized carbons (Fsp3) is 0.130. The number of hydrogen-bond acceptors (Lipinski definition) is 4. The molecule has 1 amide bonds. The fourth-order valence-corrected chi connectivity index (χ4v) is 3.34. The molecule has 0 spiro atoms. The molecule has 0 aliphatic rings. The fourth-order valence-electron chi connectivity index (χ4n) is 3.34. The van der Waals surface area contributed by atoms with Gasteiger partial charge in [-0.15, -0.1) is 0 Å². The van der Waals surface area contributed by atoms with Crippen molar-refractivity contribution in [1.29, 1.82) is 0 Å².